The van der Waals surface area contributed by atoms with Crippen LogP contribution in [0.1, 0.15) is 5.56 Å². The van der Waals surface area contributed by atoms with Gasteiger partial charge in [-0.15, -0.1) is 5.06 Å². The van der Waals surface area contributed by atoms with Crippen LogP contribution >= 0.6 is 45.2 Å². The number of imide groups is 1. The summed E-state index contributed by atoms with van der Waals surface area (Å²) in [6.07, 6.45) is 0. The van der Waals surface area contributed by atoms with Crippen LogP contribution in [0.15, 0.2) is 37.5 Å². The maximum atomic E-state index is 11.7. The average molecular weight is 455 g/mol. The normalized spacial score (nSPS) is 16.0. The van der Waals surface area contributed by atoms with Crippen molar-refractivity contribution in [3.63, 3.8) is 0 Å². The number of carbonyl (C=O) groups is 2. The molecule has 4 nitrogen and oxygen atoms in total. The minimum absolute atomic E-state index is 0.201. The Morgan fingerprint density at radius 1 is 1.00 bits per heavy atom. The van der Waals surface area contributed by atoms with Gasteiger partial charge in [0.25, 0.3) is 11.8 Å². The van der Waals surface area contributed by atoms with Gasteiger partial charge in [0.2, 0.25) is 0 Å². The standard InChI is InChI=1S/C11H7I2NO3/c12-8-9(13)11(16)14(10(8)15)17-6-7-4-2-1-3-5-7/h1-5H,6H2. The molecule has 17 heavy (non-hydrogen) atoms. The minimum atomic E-state index is -0.393. The van der Waals surface area contributed by atoms with E-state index in [0.717, 1.165) is 10.6 Å². The number of amides is 2. The Kier molecular flexibility index (Phi) is 4.15. The summed E-state index contributed by atoms with van der Waals surface area (Å²) in [4.78, 5) is 28.6. The number of halogens is 2. The number of hydroxylamine groups is 2. The van der Waals surface area contributed by atoms with Gasteiger partial charge in [0, 0.05) is 0 Å². The van der Waals surface area contributed by atoms with E-state index in [1.807, 2.05) is 75.5 Å². The summed E-state index contributed by atoms with van der Waals surface area (Å²) in [7, 11) is 0. The Bertz CT molecular complexity index is 475. The van der Waals surface area contributed by atoms with E-state index in [1.54, 1.807) is 0 Å². The van der Waals surface area contributed by atoms with Crippen molar-refractivity contribution < 1.29 is 14.4 Å². The monoisotopic (exact) mass is 455 g/mol. The fraction of sp³-hybridized carbons (Fsp3) is 0.0909. The van der Waals surface area contributed by atoms with Crippen LogP contribution in [0.5, 0.6) is 0 Å². The van der Waals surface area contributed by atoms with Crippen molar-refractivity contribution in [3.05, 3.63) is 43.1 Å². The Labute approximate surface area is 125 Å². The molecule has 0 saturated carbocycles. The molecule has 0 unspecified atom stereocenters. The molecule has 0 bridgehead atoms. The highest BCUT2D eigenvalue weighted by molar-refractivity contribution is 14.1. The lowest BCUT2D eigenvalue weighted by molar-refractivity contribution is -0.189. The summed E-state index contributed by atoms with van der Waals surface area (Å²) >= 11 is 3.70. The van der Waals surface area contributed by atoms with Gasteiger partial charge in [0.15, 0.2) is 0 Å². The van der Waals surface area contributed by atoms with Gasteiger partial charge in [-0.25, -0.2) is 0 Å². The Balaban J connectivity index is 2.03. The topological polar surface area (TPSA) is 46.6 Å². The number of hydrogen-bond acceptors (Lipinski definition) is 3. The first-order valence-corrected chi connectivity index (χ1v) is 6.88. The molecule has 0 atom stereocenters. The molecule has 0 aromatic heterocycles. The summed E-state index contributed by atoms with van der Waals surface area (Å²) in [5.74, 6) is -0.785. The number of hydrogen-bond donors (Lipinski definition) is 0. The van der Waals surface area contributed by atoms with Gasteiger partial charge in [-0.05, 0) is 50.7 Å². The molecule has 2 rings (SSSR count). The van der Waals surface area contributed by atoms with Crippen LogP contribution in [0.2, 0.25) is 0 Å². The predicted molar refractivity (Wildman–Crippen MR) is 78.1 cm³/mol. The molecular formula is C11H7I2NO3. The van der Waals surface area contributed by atoms with Gasteiger partial charge in [-0.1, -0.05) is 30.3 Å². The molecule has 0 spiro atoms. The highest BCUT2D eigenvalue weighted by Gasteiger charge is 2.37. The highest BCUT2D eigenvalue weighted by atomic mass is 127. The summed E-state index contributed by atoms with van der Waals surface area (Å²) < 4.78 is 0.808. The van der Waals surface area contributed by atoms with Crippen molar-refractivity contribution in [2.24, 2.45) is 0 Å². The van der Waals surface area contributed by atoms with Gasteiger partial charge >= 0.3 is 0 Å². The van der Waals surface area contributed by atoms with E-state index in [1.165, 1.54) is 0 Å². The third-order valence-corrected chi connectivity index (χ3v) is 5.17. The van der Waals surface area contributed by atoms with Crippen molar-refractivity contribution in [1.82, 2.24) is 5.06 Å². The molecule has 1 aromatic rings. The second-order valence-corrected chi connectivity index (χ2v) is 5.45. The van der Waals surface area contributed by atoms with E-state index in [2.05, 4.69) is 0 Å². The summed E-state index contributed by atoms with van der Waals surface area (Å²) in [5, 5.41) is 0.816. The zero-order chi connectivity index (χ0) is 12.4. The Hall–Kier alpha value is -0.480. The zero-order valence-electron chi connectivity index (χ0n) is 8.52. The number of nitrogens with zero attached hydrogens (tertiary/aromatic N) is 1. The minimum Gasteiger partial charge on any atom is -0.266 e. The van der Waals surface area contributed by atoms with E-state index in [0.29, 0.717) is 7.16 Å². The van der Waals surface area contributed by atoms with Crippen LogP contribution in [0.25, 0.3) is 0 Å². The molecule has 1 heterocycles. The molecule has 1 aliphatic heterocycles. The molecule has 6 heteroatoms. The lowest BCUT2D eigenvalue weighted by atomic mass is 10.2. The van der Waals surface area contributed by atoms with Crippen LogP contribution in [0.4, 0.5) is 0 Å². The number of rotatable bonds is 3. The SMILES string of the molecule is O=C1C(I)=C(I)C(=O)N1OCc1ccccc1. The first-order valence-electron chi connectivity index (χ1n) is 4.72. The maximum absolute atomic E-state index is 11.7. The van der Waals surface area contributed by atoms with Crippen molar-refractivity contribution in [1.29, 1.82) is 0 Å². The lowest BCUT2D eigenvalue weighted by Crippen LogP contribution is -2.31. The van der Waals surface area contributed by atoms with E-state index >= 15 is 0 Å². The van der Waals surface area contributed by atoms with Crippen molar-refractivity contribution >= 4 is 57.0 Å². The number of benzene rings is 1. The van der Waals surface area contributed by atoms with Crippen LogP contribution in [-0.2, 0) is 21.0 Å². The van der Waals surface area contributed by atoms with Gasteiger partial charge in [-0.2, -0.15) is 0 Å². The van der Waals surface area contributed by atoms with Crippen LogP contribution in [-0.4, -0.2) is 16.9 Å². The summed E-state index contributed by atoms with van der Waals surface area (Å²) in [6.45, 7) is 0.201. The third-order valence-electron chi connectivity index (χ3n) is 2.14. The van der Waals surface area contributed by atoms with E-state index in [4.69, 9.17) is 4.84 Å². The number of carbonyl (C=O) groups excluding carboxylic acids is 2. The van der Waals surface area contributed by atoms with E-state index in [9.17, 15) is 9.59 Å². The molecule has 0 fully saturated rings. The van der Waals surface area contributed by atoms with Gasteiger partial charge in [0.1, 0.15) is 6.61 Å². The molecule has 1 aliphatic rings. The highest BCUT2D eigenvalue weighted by Crippen LogP contribution is 2.30. The van der Waals surface area contributed by atoms with Gasteiger partial charge in [0.05, 0.1) is 7.16 Å². The fourth-order valence-electron chi connectivity index (χ4n) is 1.29. The Morgan fingerprint density at radius 2 is 1.53 bits per heavy atom. The first-order chi connectivity index (χ1) is 8.11. The van der Waals surface area contributed by atoms with Gasteiger partial charge in [-0.3, -0.25) is 14.4 Å². The first kappa shape index (κ1) is 13.0. The molecule has 0 saturated heterocycles. The molecule has 2 amide bonds. The molecule has 1 aromatic carbocycles. The predicted octanol–water partition coefficient (Wildman–Crippen LogP) is 2.57. The summed E-state index contributed by atoms with van der Waals surface area (Å²) in [5.41, 5.74) is 0.907. The molecular weight excluding hydrogens is 448 g/mol. The van der Waals surface area contributed by atoms with Gasteiger partial charge < -0.3 is 0 Å². The van der Waals surface area contributed by atoms with E-state index in [-0.39, 0.29) is 6.61 Å². The Morgan fingerprint density at radius 3 is 2.06 bits per heavy atom. The fourth-order valence-corrected chi connectivity index (χ4v) is 2.19. The van der Waals surface area contributed by atoms with Crippen LogP contribution < -0.4 is 0 Å². The third kappa shape index (κ3) is 2.68. The van der Waals surface area contributed by atoms with Crippen LogP contribution in [0, 0.1) is 0 Å². The van der Waals surface area contributed by atoms with Crippen molar-refractivity contribution in [3.8, 4) is 0 Å². The van der Waals surface area contributed by atoms with Crippen molar-refractivity contribution in [2.75, 3.05) is 0 Å². The largest absolute Gasteiger partial charge is 0.292 e. The lowest BCUT2D eigenvalue weighted by Gasteiger charge is -2.13. The zero-order valence-corrected chi connectivity index (χ0v) is 12.8. The molecule has 88 valence electrons. The van der Waals surface area contributed by atoms with Crippen LogP contribution in [0.3, 0.4) is 0 Å². The smallest absolute Gasteiger partial charge is 0.266 e. The van der Waals surface area contributed by atoms with Crippen molar-refractivity contribution in [2.45, 2.75) is 6.61 Å². The summed E-state index contributed by atoms with van der Waals surface area (Å²) in [6, 6.07) is 9.38. The molecule has 0 N–H and O–H groups in total. The van der Waals surface area contributed by atoms with E-state index < -0.39 is 11.8 Å². The molecule has 0 aliphatic carbocycles. The molecule has 0 radical (unpaired) electrons. The second-order valence-electron chi connectivity index (χ2n) is 3.29. The quantitative estimate of drug-likeness (QED) is 0.521. The second kappa shape index (κ2) is 5.44. The average Bonchev–Trinajstić information content (AvgIpc) is 2.54. The maximum Gasteiger partial charge on any atom is 0.292 e.